The van der Waals surface area contributed by atoms with Crippen molar-refractivity contribution in [2.75, 3.05) is 0 Å². The van der Waals surface area contributed by atoms with E-state index in [1.807, 2.05) is 0 Å². The molecule has 82 valence electrons. The molecule has 2 fully saturated rings. The molecule has 0 amide bonds. The minimum atomic E-state index is -0.827. The summed E-state index contributed by atoms with van der Waals surface area (Å²) in [5.74, 6) is 0.0172. The van der Waals surface area contributed by atoms with Crippen molar-refractivity contribution in [1.29, 1.82) is 0 Å². The van der Waals surface area contributed by atoms with Crippen LogP contribution in [-0.2, 0) is 9.59 Å². The summed E-state index contributed by atoms with van der Waals surface area (Å²) < 4.78 is 0. The molecule has 2 saturated carbocycles. The van der Waals surface area contributed by atoms with Gasteiger partial charge in [-0.1, -0.05) is 0 Å². The van der Waals surface area contributed by atoms with Crippen LogP contribution in [0.2, 0.25) is 0 Å². The van der Waals surface area contributed by atoms with Crippen LogP contribution < -0.4 is 0 Å². The lowest BCUT2D eigenvalue weighted by molar-refractivity contribution is -0.527. The second kappa shape index (κ2) is 3.40. The molecule has 5 nitrogen and oxygen atoms in total. The van der Waals surface area contributed by atoms with Crippen LogP contribution in [0.25, 0.3) is 0 Å². The van der Waals surface area contributed by atoms with Crippen molar-refractivity contribution >= 4 is 11.6 Å². The summed E-state index contributed by atoms with van der Waals surface area (Å²) in [5.41, 5.74) is -0.827. The maximum Gasteiger partial charge on any atom is 0.213 e. The summed E-state index contributed by atoms with van der Waals surface area (Å²) in [6, 6.07) is -0.558. The predicted octanol–water partition coefficient (Wildman–Crippen LogP) is 1.12. The van der Waals surface area contributed by atoms with Crippen LogP contribution in [0.3, 0.4) is 0 Å². The van der Waals surface area contributed by atoms with Crippen LogP contribution in [-0.4, -0.2) is 22.5 Å². The lowest BCUT2D eigenvalue weighted by Crippen LogP contribution is -2.40. The zero-order chi connectivity index (χ0) is 11.1. The largest absolute Gasteiger partial charge is 0.299 e. The second-order valence-electron chi connectivity index (χ2n) is 4.44. The highest BCUT2D eigenvalue weighted by Gasteiger charge is 2.52. The number of hydrogen-bond acceptors (Lipinski definition) is 4. The number of rotatable bonds is 1. The quantitative estimate of drug-likeness (QED) is 0.370. The molecule has 0 atom stereocenters. The minimum absolute atomic E-state index is 0.00861. The van der Waals surface area contributed by atoms with Crippen LogP contribution in [0.5, 0.6) is 0 Å². The van der Waals surface area contributed by atoms with Gasteiger partial charge >= 0.3 is 0 Å². The summed E-state index contributed by atoms with van der Waals surface area (Å²) in [6.45, 7) is 0. The highest BCUT2D eigenvalue weighted by Crippen LogP contribution is 2.44. The molecular weight excluding hydrogens is 198 g/mol. The predicted molar refractivity (Wildman–Crippen MR) is 50.9 cm³/mol. The van der Waals surface area contributed by atoms with Gasteiger partial charge in [0, 0.05) is 30.6 Å². The number of nitro groups is 1. The Morgan fingerprint density at radius 2 is 1.60 bits per heavy atom. The van der Waals surface area contributed by atoms with E-state index in [-0.39, 0.29) is 16.5 Å². The van der Waals surface area contributed by atoms with Crippen molar-refractivity contribution < 1.29 is 14.5 Å². The van der Waals surface area contributed by atoms with Crippen molar-refractivity contribution in [3.05, 3.63) is 10.1 Å². The third kappa shape index (κ3) is 1.46. The lowest BCUT2D eigenvalue weighted by Gasteiger charge is -2.30. The summed E-state index contributed by atoms with van der Waals surface area (Å²) in [6.07, 6.45) is 2.17. The normalized spacial score (nSPS) is 26.1. The Morgan fingerprint density at radius 1 is 1.13 bits per heavy atom. The average Bonchev–Trinajstić information content (AvgIpc) is 2.48. The van der Waals surface area contributed by atoms with E-state index in [0.29, 0.717) is 38.5 Å². The Kier molecular flexibility index (Phi) is 2.32. The van der Waals surface area contributed by atoms with E-state index in [4.69, 9.17) is 0 Å². The third-order valence-electron chi connectivity index (χ3n) is 3.75. The molecule has 5 heteroatoms. The molecule has 2 aliphatic rings. The van der Waals surface area contributed by atoms with Gasteiger partial charge in [-0.05, 0) is 12.8 Å². The van der Waals surface area contributed by atoms with E-state index >= 15 is 0 Å². The highest BCUT2D eigenvalue weighted by molar-refractivity contribution is 6.12. The van der Waals surface area contributed by atoms with Gasteiger partial charge < -0.3 is 0 Å². The summed E-state index contributed by atoms with van der Waals surface area (Å²) in [4.78, 5) is 33.6. The van der Waals surface area contributed by atoms with Crippen molar-refractivity contribution in [2.45, 2.75) is 44.6 Å². The third-order valence-corrected chi connectivity index (χ3v) is 3.75. The first-order valence-electron chi connectivity index (χ1n) is 5.26. The van der Waals surface area contributed by atoms with Gasteiger partial charge in [0.1, 0.15) is 11.6 Å². The monoisotopic (exact) mass is 211 g/mol. The van der Waals surface area contributed by atoms with Gasteiger partial charge in [-0.15, -0.1) is 0 Å². The van der Waals surface area contributed by atoms with Gasteiger partial charge in [0.25, 0.3) is 0 Å². The molecule has 15 heavy (non-hydrogen) atoms. The average molecular weight is 211 g/mol. The van der Waals surface area contributed by atoms with E-state index in [1.54, 1.807) is 0 Å². The fraction of sp³-hybridized carbons (Fsp3) is 0.800. The van der Waals surface area contributed by atoms with Crippen LogP contribution in [0.4, 0.5) is 0 Å². The van der Waals surface area contributed by atoms with E-state index in [1.165, 1.54) is 0 Å². The number of carbonyl (C=O) groups is 2. The molecule has 0 radical (unpaired) electrons. The first-order chi connectivity index (χ1) is 7.06. The van der Waals surface area contributed by atoms with E-state index in [0.717, 1.165) is 0 Å². The molecule has 0 aromatic heterocycles. The molecule has 2 rings (SSSR count). The van der Waals surface area contributed by atoms with Crippen molar-refractivity contribution in [2.24, 2.45) is 5.41 Å². The molecule has 0 bridgehead atoms. The molecule has 0 aromatic rings. The van der Waals surface area contributed by atoms with E-state index in [2.05, 4.69) is 0 Å². The van der Waals surface area contributed by atoms with Gasteiger partial charge in [0.05, 0.1) is 5.41 Å². The summed E-state index contributed by atoms with van der Waals surface area (Å²) >= 11 is 0. The molecule has 0 N–H and O–H groups in total. The number of carbonyl (C=O) groups excluding carboxylic acids is 2. The van der Waals surface area contributed by atoms with E-state index < -0.39 is 11.5 Å². The van der Waals surface area contributed by atoms with Crippen molar-refractivity contribution in [1.82, 2.24) is 0 Å². The van der Waals surface area contributed by atoms with Crippen LogP contribution in [0, 0.1) is 15.5 Å². The van der Waals surface area contributed by atoms with Gasteiger partial charge in [0.2, 0.25) is 6.04 Å². The van der Waals surface area contributed by atoms with Gasteiger partial charge in [-0.3, -0.25) is 19.7 Å². The molecule has 0 saturated heterocycles. The van der Waals surface area contributed by atoms with Gasteiger partial charge in [0.15, 0.2) is 0 Å². The summed E-state index contributed by atoms with van der Waals surface area (Å²) in [7, 11) is 0. The maximum absolute atomic E-state index is 11.6. The molecule has 0 unspecified atom stereocenters. The van der Waals surface area contributed by atoms with Crippen LogP contribution >= 0.6 is 0 Å². The molecule has 0 aromatic carbocycles. The summed E-state index contributed by atoms with van der Waals surface area (Å²) in [5, 5.41) is 10.6. The number of hydrogen-bond donors (Lipinski definition) is 0. The smallest absolute Gasteiger partial charge is 0.213 e. The zero-order valence-electron chi connectivity index (χ0n) is 8.40. The topological polar surface area (TPSA) is 77.3 Å². The molecular formula is C10H13NO4. The van der Waals surface area contributed by atoms with Gasteiger partial charge in [-0.2, -0.15) is 0 Å². The minimum Gasteiger partial charge on any atom is -0.299 e. The standard InChI is InChI=1S/C10H13NO4/c12-8-1-2-9(13)10(8)5-3-7(4-6-10)11(14)15/h7H,1-6H2. The molecule has 2 aliphatic carbocycles. The fourth-order valence-electron chi connectivity index (χ4n) is 2.72. The van der Waals surface area contributed by atoms with Crippen molar-refractivity contribution in [3.63, 3.8) is 0 Å². The van der Waals surface area contributed by atoms with Crippen LogP contribution in [0.15, 0.2) is 0 Å². The molecule has 0 aliphatic heterocycles. The molecule has 1 spiro atoms. The Labute approximate surface area is 87.0 Å². The number of nitrogens with zero attached hydrogens (tertiary/aromatic N) is 1. The number of ketones is 2. The SMILES string of the molecule is O=C1CCC(=O)C12CCC([N+](=O)[O-])CC2. The molecule has 0 heterocycles. The first kappa shape index (κ1) is 10.3. The van der Waals surface area contributed by atoms with E-state index in [9.17, 15) is 19.7 Å². The Balaban J connectivity index is 2.12. The van der Waals surface area contributed by atoms with Gasteiger partial charge in [-0.25, -0.2) is 0 Å². The Bertz CT molecular complexity index is 310. The lowest BCUT2D eigenvalue weighted by atomic mass is 9.70. The Hall–Kier alpha value is -1.26. The second-order valence-corrected chi connectivity index (χ2v) is 4.44. The van der Waals surface area contributed by atoms with Crippen molar-refractivity contribution in [3.8, 4) is 0 Å². The zero-order valence-corrected chi connectivity index (χ0v) is 8.40. The first-order valence-corrected chi connectivity index (χ1v) is 5.26. The van der Waals surface area contributed by atoms with Crippen LogP contribution in [0.1, 0.15) is 38.5 Å². The maximum atomic E-state index is 11.6. The fourth-order valence-corrected chi connectivity index (χ4v) is 2.72. The Morgan fingerprint density at radius 3 is 2.00 bits per heavy atom. The number of Topliss-reactive ketones (excluding diaryl/α,β-unsaturated/α-hetero) is 2. The highest BCUT2D eigenvalue weighted by atomic mass is 16.6.